The summed E-state index contributed by atoms with van der Waals surface area (Å²) in [5.74, 6) is 0. The molecule has 0 N–H and O–H groups in total. The molecule has 0 atom stereocenters. The highest BCUT2D eigenvalue weighted by Crippen LogP contribution is 2.48. The van der Waals surface area contributed by atoms with Gasteiger partial charge in [-0.15, -0.1) is 0 Å². The summed E-state index contributed by atoms with van der Waals surface area (Å²) >= 11 is 3.73. The summed E-state index contributed by atoms with van der Waals surface area (Å²) in [4.78, 5) is 3.48. The molecule has 43 heavy (non-hydrogen) atoms. The molecule has 7 rings (SSSR count). The molecule has 0 saturated heterocycles. The molecule has 2 heterocycles. The van der Waals surface area contributed by atoms with Crippen LogP contribution in [0.4, 0.5) is 5.69 Å². The Labute approximate surface area is 260 Å². The quantitative estimate of drug-likeness (QED) is 0.146. The average Bonchev–Trinajstić information content (AvgIpc) is 3.48. The summed E-state index contributed by atoms with van der Waals surface area (Å²) in [6.07, 6.45) is 4.61. The van der Waals surface area contributed by atoms with E-state index in [9.17, 15) is 13.0 Å². The van der Waals surface area contributed by atoms with Gasteiger partial charge in [0.2, 0.25) is 5.52 Å². The normalized spacial score (nSPS) is 14.4. The number of allylic oxidation sites excluding steroid dienone is 2. The Bertz CT molecular complexity index is 2180. The molecular formula is C35H30N2O3S3. The van der Waals surface area contributed by atoms with Gasteiger partial charge in [0, 0.05) is 29.5 Å². The Hall–Kier alpha value is -3.95. The van der Waals surface area contributed by atoms with Crippen LogP contribution in [0.2, 0.25) is 0 Å². The SMILES string of the molecule is CC(=C\c1sc2c3ccccc3ccc2[n+]1C)/C=C1/Sc2c(ccc3ccccc23)N1C.Cc1ccc(S(=O)(=O)[O-])cc1. The summed E-state index contributed by atoms with van der Waals surface area (Å²) in [7, 11) is 0.0604. The van der Waals surface area contributed by atoms with E-state index in [0.717, 1.165) is 5.56 Å². The molecule has 1 aliphatic rings. The van der Waals surface area contributed by atoms with E-state index in [1.54, 1.807) is 12.1 Å². The maximum Gasteiger partial charge on any atom is 0.262 e. The highest BCUT2D eigenvalue weighted by atomic mass is 32.2. The Balaban J connectivity index is 0.000000254. The van der Waals surface area contributed by atoms with Gasteiger partial charge in [-0.1, -0.05) is 95.4 Å². The third-order valence-electron chi connectivity index (χ3n) is 7.53. The van der Waals surface area contributed by atoms with Crippen molar-refractivity contribution >= 4 is 76.7 Å². The van der Waals surface area contributed by atoms with E-state index in [1.807, 2.05) is 30.0 Å². The molecule has 8 heteroatoms. The highest BCUT2D eigenvalue weighted by molar-refractivity contribution is 8.04. The molecule has 5 nitrogen and oxygen atoms in total. The van der Waals surface area contributed by atoms with Gasteiger partial charge < -0.3 is 9.45 Å². The van der Waals surface area contributed by atoms with Crippen molar-refractivity contribution in [3.8, 4) is 0 Å². The summed E-state index contributed by atoms with van der Waals surface area (Å²) in [5, 5.41) is 7.78. The second kappa shape index (κ2) is 11.6. The van der Waals surface area contributed by atoms with Crippen LogP contribution >= 0.6 is 23.1 Å². The van der Waals surface area contributed by atoms with Crippen molar-refractivity contribution in [2.45, 2.75) is 23.6 Å². The fourth-order valence-electron chi connectivity index (χ4n) is 5.18. The lowest BCUT2D eigenvalue weighted by molar-refractivity contribution is -0.642. The number of thiazole rings is 1. The Kier molecular flexibility index (Phi) is 7.87. The van der Waals surface area contributed by atoms with Crippen LogP contribution in [0, 0.1) is 6.92 Å². The minimum Gasteiger partial charge on any atom is -0.744 e. The van der Waals surface area contributed by atoms with E-state index < -0.39 is 10.1 Å². The number of hydrogen-bond acceptors (Lipinski definition) is 6. The second-order valence-corrected chi connectivity index (χ2v) is 14.0. The van der Waals surface area contributed by atoms with Gasteiger partial charge in [-0.05, 0) is 65.9 Å². The molecule has 0 aliphatic carbocycles. The minimum absolute atomic E-state index is 0.178. The predicted molar refractivity (Wildman–Crippen MR) is 180 cm³/mol. The Morgan fingerprint density at radius 3 is 2.19 bits per heavy atom. The number of hydrogen-bond donors (Lipinski definition) is 0. The monoisotopic (exact) mass is 622 g/mol. The van der Waals surface area contributed by atoms with Gasteiger partial charge in [-0.25, -0.2) is 8.42 Å². The maximum absolute atomic E-state index is 10.4. The Morgan fingerprint density at radius 2 is 1.49 bits per heavy atom. The first kappa shape index (κ1) is 29.1. The number of thioether (sulfide) groups is 1. The van der Waals surface area contributed by atoms with Crippen LogP contribution in [0.3, 0.4) is 0 Å². The number of rotatable bonds is 3. The fraction of sp³-hybridized carbons (Fsp3) is 0.114. The van der Waals surface area contributed by atoms with Crippen molar-refractivity contribution in [2.24, 2.45) is 7.05 Å². The third kappa shape index (κ3) is 5.84. The van der Waals surface area contributed by atoms with Crippen molar-refractivity contribution in [2.75, 3.05) is 11.9 Å². The molecule has 0 spiro atoms. The molecule has 0 radical (unpaired) electrons. The van der Waals surface area contributed by atoms with E-state index in [2.05, 4.69) is 115 Å². The fourth-order valence-corrected chi connectivity index (χ4v) is 8.24. The van der Waals surface area contributed by atoms with E-state index >= 15 is 0 Å². The number of aryl methyl sites for hydroxylation is 2. The molecule has 1 aliphatic heterocycles. The number of benzene rings is 5. The zero-order valence-electron chi connectivity index (χ0n) is 24.2. The van der Waals surface area contributed by atoms with Gasteiger partial charge in [0.25, 0.3) is 5.01 Å². The van der Waals surface area contributed by atoms with Gasteiger partial charge in [0.05, 0.1) is 15.6 Å². The zero-order valence-corrected chi connectivity index (χ0v) is 26.7. The average molecular weight is 623 g/mol. The first-order valence-corrected chi connectivity index (χ1v) is 16.8. The predicted octanol–water partition coefficient (Wildman–Crippen LogP) is 8.42. The van der Waals surface area contributed by atoms with Crippen molar-refractivity contribution in [3.05, 3.63) is 124 Å². The molecule has 0 fully saturated rings. The number of aromatic nitrogens is 1. The number of anilines is 1. The summed E-state index contributed by atoms with van der Waals surface area (Å²) in [5.41, 5.74) is 4.75. The summed E-state index contributed by atoms with van der Waals surface area (Å²) < 4.78 is 34.8. The molecule has 0 amide bonds. The summed E-state index contributed by atoms with van der Waals surface area (Å²) in [6.45, 7) is 4.02. The zero-order chi connectivity index (χ0) is 30.3. The van der Waals surface area contributed by atoms with E-state index in [-0.39, 0.29) is 4.90 Å². The molecule has 6 aromatic rings. The largest absolute Gasteiger partial charge is 0.744 e. The third-order valence-corrected chi connectivity index (χ3v) is 10.8. The first-order chi connectivity index (χ1) is 20.6. The molecular weight excluding hydrogens is 593 g/mol. The maximum atomic E-state index is 10.4. The number of fused-ring (bicyclic) bond motifs is 6. The van der Waals surface area contributed by atoms with Crippen LogP contribution in [0.1, 0.15) is 17.5 Å². The molecule has 5 aromatic carbocycles. The van der Waals surface area contributed by atoms with Gasteiger partial charge in [0.1, 0.15) is 21.9 Å². The van der Waals surface area contributed by atoms with Crippen molar-refractivity contribution < 1.29 is 17.5 Å². The van der Waals surface area contributed by atoms with Crippen molar-refractivity contribution in [1.82, 2.24) is 0 Å². The molecule has 1 aromatic heterocycles. The minimum atomic E-state index is -4.27. The second-order valence-electron chi connectivity index (χ2n) is 10.6. The van der Waals surface area contributed by atoms with Gasteiger partial charge >= 0.3 is 0 Å². The first-order valence-electron chi connectivity index (χ1n) is 13.8. The smallest absolute Gasteiger partial charge is 0.262 e. The van der Waals surface area contributed by atoms with Crippen LogP contribution in [0.5, 0.6) is 0 Å². The van der Waals surface area contributed by atoms with E-state index in [0.29, 0.717) is 0 Å². The van der Waals surface area contributed by atoms with Gasteiger partial charge in [-0.3, -0.25) is 0 Å². The van der Waals surface area contributed by atoms with Gasteiger partial charge in [-0.2, -0.15) is 4.57 Å². The van der Waals surface area contributed by atoms with Crippen LogP contribution < -0.4 is 9.47 Å². The lowest BCUT2D eigenvalue weighted by Crippen LogP contribution is -2.28. The highest BCUT2D eigenvalue weighted by Gasteiger charge is 2.24. The van der Waals surface area contributed by atoms with Crippen molar-refractivity contribution in [1.29, 1.82) is 0 Å². The van der Waals surface area contributed by atoms with Crippen molar-refractivity contribution in [3.63, 3.8) is 0 Å². The molecule has 0 saturated carbocycles. The van der Waals surface area contributed by atoms with Crippen LogP contribution in [-0.2, 0) is 17.2 Å². The summed E-state index contributed by atoms with van der Waals surface area (Å²) in [6, 6.07) is 32.0. The molecule has 216 valence electrons. The molecule has 0 bridgehead atoms. The lowest BCUT2D eigenvalue weighted by atomic mass is 10.1. The number of nitrogens with zero attached hydrogens (tertiary/aromatic N) is 2. The van der Waals surface area contributed by atoms with Crippen LogP contribution in [0.25, 0.3) is 37.8 Å². The lowest BCUT2D eigenvalue weighted by Gasteiger charge is -2.13. The van der Waals surface area contributed by atoms with E-state index in [1.165, 1.54) is 70.1 Å². The van der Waals surface area contributed by atoms with Crippen LogP contribution in [0.15, 0.2) is 124 Å². The molecule has 0 unspecified atom stereocenters. The Morgan fingerprint density at radius 1 is 0.860 bits per heavy atom. The van der Waals surface area contributed by atoms with E-state index in [4.69, 9.17) is 0 Å². The van der Waals surface area contributed by atoms with Crippen LogP contribution in [-0.4, -0.2) is 20.0 Å². The van der Waals surface area contributed by atoms with Gasteiger partial charge in [0.15, 0.2) is 0 Å². The standard InChI is InChI=1S/C28H23N2S2.C7H8O3S/c1-18(16-25-29(2)23-14-12-19-8-4-6-10-21(19)27(23)31-25)17-26-30(3)24-15-13-20-9-5-7-11-22(20)28(24)32-26;1-6-2-4-7(5-3-6)11(8,9)10/h4-17H,1-3H3;2-5H,1H3,(H,8,9,10)/q+1;/p-1. The topological polar surface area (TPSA) is 64.3 Å².